The van der Waals surface area contributed by atoms with Gasteiger partial charge in [-0.05, 0) is 49.2 Å². The van der Waals surface area contributed by atoms with E-state index in [1.54, 1.807) is 0 Å². The van der Waals surface area contributed by atoms with E-state index in [1.807, 2.05) is 50.2 Å². The number of hydrogen-bond donors (Lipinski definition) is 0. The molecule has 1 nitrogen and oxygen atoms in total. The topological polar surface area (TPSA) is 17.1 Å². The number of hydrogen-bond acceptors (Lipinski definition) is 1. The van der Waals surface area contributed by atoms with Crippen molar-refractivity contribution < 1.29 is 4.79 Å². The van der Waals surface area contributed by atoms with E-state index in [1.165, 1.54) is 5.56 Å². The van der Waals surface area contributed by atoms with E-state index in [4.69, 9.17) is 0 Å². The van der Waals surface area contributed by atoms with Gasteiger partial charge in [-0.15, -0.1) is 0 Å². The van der Waals surface area contributed by atoms with Gasteiger partial charge in [0, 0.05) is 20.1 Å². The summed E-state index contributed by atoms with van der Waals surface area (Å²) in [5, 5.41) is 0. The van der Waals surface area contributed by atoms with E-state index in [0.29, 0.717) is 5.56 Å². The molecule has 0 N–H and O–H groups in total. The summed E-state index contributed by atoms with van der Waals surface area (Å²) in [6, 6.07) is 11.4. The highest BCUT2D eigenvalue weighted by atomic mass is 79.9. The Morgan fingerprint density at radius 3 is 2.00 bits per heavy atom. The molecule has 0 amide bonds. The lowest BCUT2D eigenvalue weighted by atomic mass is 9.99. The zero-order valence-corrected chi connectivity index (χ0v) is 13.3. The van der Waals surface area contributed by atoms with Crippen LogP contribution in [0.3, 0.4) is 0 Å². The van der Waals surface area contributed by atoms with Crippen molar-refractivity contribution in [3.05, 3.63) is 67.6 Å². The van der Waals surface area contributed by atoms with Crippen LogP contribution in [0.2, 0.25) is 0 Å². The maximum atomic E-state index is 12.4. The highest BCUT2D eigenvalue weighted by Crippen LogP contribution is 2.22. The lowest BCUT2D eigenvalue weighted by Gasteiger charge is -2.06. The zero-order chi connectivity index (χ0) is 13.3. The van der Waals surface area contributed by atoms with Gasteiger partial charge in [0.05, 0.1) is 0 Å². The monoisotopic (exact) mass is 366 g/mol. The summed E-state index contributed by atoms with van der Waals surface area (Å²) in [5.41, 5.74) is 3.74. The largest absolute Gasteiger partial charge is 0.289 e. The number of rotatable bonds is 2. The van der Waals surface area contributed by atoms with Gasteiger partial charge >= 0.3 is 0 Å². The molecule has 0 fully saturated rings. The van der Waals surface area contributed by atoms with Gasteiger partial charge in [-0.3, -0.25) is 4.79 Å². The van der Waals surface area contributed by atoms with Crippen LogP contribution in [0, 0.1) is 13.8 Å². The number of aryl methyl sites for hydroxylation is 2. The predicted octanol–water partition coefficient (Wildman–Crippen LogP) is 5.06. The van der Waals surface area contributed by atoms with Gasteiger partial charge in [0.15, 0.2) is 5.78 Å². The molecule has 0 spiro atoms. The van der Waals surface area contributed by atoms with E-state index < -0.39 is 0 Å². The van der Waals surface area contributed by atoms with Crippen molar-refractivity contribution in [3.8, 4) is 0 Å². The van der Waals surface area contributed by atoms with Crippen molar-refractivity contribution in [2.45, 2.75) is 13.8 Å². The van der Waals surface area contributed by atoms with Crippen LogP contribution in [0.1, 0.15) is 27.0 Å². The summed E-state index contributed by atoms with van der Waals surface area (Å²) in [5.74, 6) is 0.0418. The molecule has 0 saturated heterocycles. The molecule has 3 heteroatoms. The molecule has 0 aliphatic heterocycles. The third-order valence-electron chi connectivity index (χ3n) is 2.89. The van der Waals surface area contributed by atoms with Crippen LogP contribution in [0.15, 0.2) is 45.3 Å². The molecule has 0 heterocycles. The highest BCUT2D eigenvalue weighted by Gasteiger charge is 2.11. The summed E-state index contributed by atoms with van der Waals surface area (Å²) in [7, 11) is 0. The Balaban J connectivity index is 2.44. The fourth-order valence-electron chi connectivity index (χ4n) is 1.73. The Labute approximate surface area is 123 Å². The average Bonchev–Trinajstić information content (AvgIpc) is 2.30. The van der Waals surface area contributed by atoms with Gasteiger partial charge in [-0.1, -0.05) is 44.0 Å². The summed E-state index contributed by atoms with van der Waals surface area (Å²) in [6.45, 7) is 4.06. The molecule has 0 aliphatic carbocycles. The molecule has 0 aliphatic rings. The minimum atomic E-state index is 0.0418. The lowest BCUT2D eigenvalue weighted by Crippen LogP contribution is -2.02. The van der Waals surface area contributed by atoms with Crippen molar-refractivity contribution in [1.29, 1.82) is 0 Å². The van der Waals surface area contributed by atoms with E-state index in [9.17, 15) is 4.79 Å². The zero-order valence-electron chi connectivity index (χ0n) is 10.1. The Hall–Kier alpha value is -0.930. The standard InChI is InChI=1S/C15H12Br2O/c1-9-3-4-11(5-10(9)2)15(18)12-6-13(16)8-14(17)7-12/h3-8H,1-2H3. The summed E-state index contributed by atoms with van der Waals surface area (Å²) >= 11 is 6.80. The number of halogens is 2. The third kappa shape index (κ3) is 2.90. The van der Waals surface area contributed by atoms with Gasteiger partial charge < -0.3 is 0 Å². The molecule has 2 aromatic rings. The first-order valence-corrected chi connectivity index (χ1v) is 7.14. The second-order valence-electron chi connectivity index (χ2n) is 4.29. The smallest absolute Gasteiger partial charge is 0.193 e. The van der Waals surface area contributed by atoms with Gasteiger partial charge in [0.1, 0.15) is 0 Å². The van der Waals surface area contributed by atoms with Crippen LogP contribution in [0.4, 0.5) is 0 Å². The molecule has 2 rings (SSSR count). The van der Waals surface area contributed by atoms with Crippen LogP contribution in [-0.4, -0.2) is 5.78 Å². The first-order chi connectivity index (χ1) is 8.47. The molecule has 0 saturated carbocycles. The lowest BCUT2D eigenvalue weighted by molar-refractivity contribution is 0.103. The summed E-state index contributed by atoms with van der Waals surface area (Å²) in [4.78, 5) is 12.4. The maximum Gasteiger partial charge on any atom is 0.193 e. The number of benzene rings is 2. The van der Waals surface area contributed by atoms with Crippen molar-refractivity contribution in [1.82, 2.24) is 0 Å². The Kier molecular flexibility index (Phi) is 4.03. The van der Waals surface area contributed by atoms with Crippen LogP contribution in [0.25, 0.3) is 0 Å². The fourth-order valence-corrected chi connectivity index (χ4v) is 3.03. The normalized spacial score (nSPS) is 10.4. The Morgan fingerprint density at radius 2 is 1.44 bits per heavy atom. The molecule has 0 unspecified atom stereocenters. The van der Waals surface area contributed by atoms with Crippen molar-refractivity contribution in [2.24, 2.45) is 0 Å². The minimum Gasteiger partial charge on any atom is -0.289 e. The second-order valence-corrected chi connectivity index (χ2v) is 6.12. The highest BCUT2D eigenvalue weighted by molar-refractivity contribution is 9.11. The first-order valence-electron chi connectivity index (χ1n) is 5.55. The molecule has 92 valence electrons. The van der Waals surface area contributed by atoms with E-state index in [0.717, 1.165) is 20.1 Å². The molecule has 0 radical (unpaired) electrons. The van der Waals surface area contributed by atoms with Gasteiger partial charge in [-0.25, -0.2) is 0 Å². The van der Waals surface area contributed by atoms with Gasteiger partial charge in [0.25, 0.3) is 0 Å². The van der Waals surface area contributed by atoms with Crippen LogP contribution >= 0.6 is 31.9 Å². The third-order valence-corrected chi connectivity index (χ3v) is 3.81. The van der Waals surface area contributed by atoms with Crippen LogP contribution in [0.5, 0.6) is 0 Å². The molecule has 0 atom stereocenters. The van der Waals surface area contributed by atoms with Crippen LogP contribution < -0.4 is 0 Å². The predicted molar refractivity (Wildman–Crippen MR) is 81.2 cm³/mol. The summed E-state index contributed by atoms with van der Waals surface area (Å²) < 4.78 is 1.79. The molecule has 0 aromatic heterocycles. The average molecular weight is 368 g/mol. The summed E-state index contributed by atoms with van der Waals surface area (Å²) in [6.07, 6.45) is 0. The van der Waals surface area contributed by atoms with E-state index in [2.05, 4.69) is 31.9 Å². The molecule has 2 aromatic carbocycles. The molecule has 0 bridgehead atoms. The Bertz CT molecular complexity index is 598. The van der Waals surface area contributed by atoms with Gasteiger partial charge in [0.2, 0.25) is 0 Å². The number of ketones is 1. The molecular formula is C15H12Br2O. The number of carbonyl (C=O) groups is 1. The minimum absolute atomic E-state index is 0.0418. The molecular weight excluding hydrogens is 356 g/mol. The number of carbonyl (C=O) groups excluding carboxylic acids is 1. The fraction of sp³-hybridized carbons (Fsp3) is 0.133. The SMILES string of the molecule is Cc1ccc(C(=O)c2cc(Br)cc(Br)c2)cc1C. The van der Waals surface area contributed by atoms with E-state index >= 15 is 0 Å². The maximum absolute atomic E-state index is 12.4. The second kappa shape index (κ2) is 5.37. The van der Waals surface area contributed by atoms with Crippen molar-refractivity contribution >= 4 is 37.6 Å². The quantitative estimate of drug-likeness (QED) is 0.678. The van der Waals surface area contributed by atoms with Gasteiger partial charge in [-0.2, -0.15) is 0 Å². The molecule has 18 heavy (non-hydrogen) atoms. The van der Waals surface area contributed by atoms with Crippen molar-refractivity contribution in [2.75, 3.05) is 0 Å². The van der Waals surface area contributed by atoms with Crippen LogP contribution in [-0.2, 0) is 0 Å². The van der Waals surface area contributed by atoms with E-state index in [-0.39, 0.29) is 5.78 Å². The first kappa shape index (κ1) is 13.5. The van der Waals surface area contributed by atoms with Crippen molar-refractivity contribution in [3.63, 3.8) is 0 Å². The Morgan fingerprint density at radius 1 is 0.833 bits per heavy atom.